The topological polar surface area (TPSA) is 106 Å². The quantitative estimate of drug-likeness (QED) is 0.815. The van der Waals surface area contributed by atoms with E-state index >= 15 is 0 Å². The minimum absolute atomic E-state index is 0.00645. The molecule has 1 aliphatic heterocycles. The van der Waals surface area contributed by atoms with E-state index in [1.165, 1.54) is 11.3 Å². The van der Waals surface area contributed by atoms with Gasteiger partial charge in [0.05, 0.1) is 12.1 Å². The zero-order valence-electron chi connectivity index (χ0n) is 12.9. The molecule has 2 atom stereocenters. The molecule has 1 aliphatic rings. The summed E-state index contributed by atoms with van der Waals surface area (Å²) < 4.78 is 1.73. The van der Waals surface area contributed by atoms with E-state index in [0.29, 0.717) is 18.2 Å². The van der Waals surface area contributed by atoms with Crippen LogP contribution in [-0.2, 0) is 11.8 Å². The summed E-state index contributed by atoms with van der Waals surface area (Å²) in [5, 5.41) is 9.27. The number of hydrogen-bond donors (Lipinski definition) is 2. The number of carbonyl (C=O) groups is 2. The average molecular weight is 334 g/mol. The van der Waals surface area contributed by atoms with E-state index in [9.17, 15) is 9.59 Å². The summed E-state index contributed by atoms with van der Waals surface area (Å²) in [4.78, 5) is 29.7. The standard InChI is InChI=1S/C14H18N6O2S/c1-16-13(22)10-6-20(14-18-11(7-23-14)12(15)21)5-9(10)8-3-17-19(2)4-8/h3-4,7,9-10H,5-6H2,1-2H3,(H2,15,21)(H,16,22)/t9-,10+/m1/s1. The van der Waals surface area contributed by atoms with Crippen LogP contribution in [-0.4, -0.2) is 46.7 Å². The predicted octanol–water partition coefficient (Wildman–Crippen LogP) is -0.0585. The monoisotopic (exact) mass is 334 g/mol. The summed E-state index contributed by atoms with van der Waals surface area (Å²) in [5.74, 6) is -0.707. The molecule has 3 heterocycles. The summed E-state index contributed by atoms with van der Waals surface area (Å²) in [6.45, 7) is 1.19. The van der Waals surface area contributed by atoms with Crippen molar-refractivity contribution in [2.45, 2.75) is 5.92 Å². The minimum atomic E-state index is -0.543. The first kappa shape index (κ1) is 15.5. The molecular weight excluding hydrogens is 316 g/mol. The summed E-state index contributed by atoms with van der Waals surface area (Å²) >= 11 is 1.36. The van der Waals surface area contributed by atoms with Crippen molar-refractivity contribution in [3.8, 4) is 0 Å². The normalized spacial score (nSPS) is 20.7. The van der Waals surface area contributed by atoms with Crippen LogP contribution >= 0.6 is 11.3 Å². The van der Waals surface area contributed by atoms with Gasteiger partial charge in [0.2, 0.25) is 5.91 Å². The second-order valence-corrected chi connectivity index (χ2v) is 6.40. The van der Waals surface area contributed by atoms with E-state index in [1.807, 2.05) is 18.1 Å². The molecule has 122 valence electrons. The third-order valence-electron chi connectivity index (χ3n) is 4.07. The molecule has 23 heavy (non-hydrogen) atoms. The molecule has 8 nitrogen and oxygen atoms in total. The Morgan fingerprint density at radius 2 is 2.22 bits per heavy atom. The van der Waals surface area contributed by atoms with E-state index in [-0.39, 0.29) is 23.4 Å². The third kappa shape index (κ3) is 2.91. The molecule has 2 aromatic rings. The fourth-order valence-electron chi connectivity index (χ4n) is 2.90. The zero-order valence-corrected chi connectivity index (χ0v) is 13.7. The van der Waals surface area contributed by atoms with Crippen molar-refractivity contribution in [1.29, 1.82) is 0 Å². The van der Waals surface area contributed by atoms with Crippen LogP contribution in [0.1, 0.15) is 22.0 Å². The predicted molar refractivity (Wildman–Crippen MR) is 86.4 cm³/mol. The van der Waals surface area contributed by atoms with E-state index < -0.39 is 5.91 Å². The van der Waals surface area contributed by atoms with Gasteiger partial charge < -0.3 is 16.0 Å². The lowest BCUT2D eigenvalue weighted by Crippen LogP contribution is -2.32. The lowest BCUT2D eigenvalue weighted by molar-refractivity contribution is -0.124. The SMILES string of the molecule is CNC(=O)[C@H]1CN(c2nc(C(N)=O)cs2)C[C@@H]1c1cnn(C)c1. The Balaban J connectivity index is 1.87. The Kier molecular flexibility index (Phi) is 4.03. The molecular formula is C14H18N6O2S. The average Bonchev–Trinajstić information content (AvgIpc) is 3.23. The number of aromatic nitrogens is 3. The highest BCUT2D eigenvalue weighted by atomic mass is 32.1. The van der Waals surface area contributed by atoms with E-state index in [1.54, 1.807) is 23.3 Å². The highest BCUT2D eigenvalue weighted by molar-refractivity contribution is 7.13. The smallest absolute Gasteiger partial charge is 0.268 e. The van der Waals surface area contributed by atoms with Crippen LogP contribution in [0.4, 0.5) is 5.13 Å². The number of aryl methyl sites for hydroxylation is 1. The van der Waals surface area contributed by atoms with Gasteiger partial charge in [-0.25, -0.2) is 4.98 Å². The molecule has 0 spiro atoms. The Bertz CT molecular complexity index is 739. The molecule has 0 aromatic carbocycles. The van der Waals surface area contributed by atoms with Crippen LogP contribution in [0.2, 0.25) is 0 Å². The molecule has 2 aromatic heterocycles. The molecule has 3 rings (SSSR count). The van der Waals surface area contributed by atoms with Crippen molar-refractivity contribution in [3.63, 3.8) is 0 Å². The second kappa shape index (κ2) is 5.99. The van der Waals surface area contributed by atoms with Crippen LogP contribution in [0.3, 0.4) is 0 Å². The van der Waals surface area contributed by atoms with Crippen LogP contribution in [0.5, 0.6) is 0 Å². The zero-order chi connectivity index (χ0) is 16.6. The number of carbonyl (C=O) groups excluding carboxylic acids is 2. The van der Waals surface area contributed by atoms with Crippen molar-refractivity contribution < 1.29 is 9.59 Å². The maximum absolute atomic E-state index is 12.2. The Morgan fingerprint density at radius 1 is 1.43 bits per heavy atom. The van der Waals surface area contributed by atoms with Gasteiger partial charge in [-0.3, -0.25) is 14.3 Å². The fraction of sp³-hybridized carbons (Fsp3) is 0.429. The summed E-state index contributed by atoms with van der Waals surface area (Å²) in [5.41, 5.74) is 6.53. The molecule has 0 radical (unpaired) electrons. The molecule has 0 unspecified atom stereocenters. The third-order valence-corrected chi connectivity index (χ3v) is 4.97. The minimum Gasteiger partial charge on any atom is -0.364 e. The molecule has 0 aliphatic carbocycles. The van der Waals surface area contributed by atoms with Gasteiger partial charge in [-0.1, -0.05) is 0 Å². The number of primary amides is 1. The maximum Gasteiger partial charge on any atom is 0.268 e. The highest BCUT2D eigenvalue weighted by Gasteiger charge is 2.39. The van der Waals surface area contributed by atoms with Gasteiger partial charge in [-0.05, 0) is 5.56 Å². The van der Waals surface area contributed by atoms with Gasteiger partial charge >= 0.3 is 0 Å². The number of amides is 2. The van der Waals surface area contributed by atoms with Gasteiger partial charge in [0.15, 0.2) is 5.13 Å². The number of anilines is 1. The van der Waals surface area contributed by atoms with Crippen molar-refractivity contribution in [2.24, 2.45) is 18.7 Å². The Hall–Kier alpha value is -2.42. The second-order valence-electron chi connectivity index (χ2n) is 5.56. The van der Waals surface area contributed by atoms with Crippen LogP contribution in [0.25, 0.3) is 0 Å². The summed E-state index contributed by atoms with van der Waals surface area (Å²) in [6.07, 6.45) is 3.72. The fourth-order valence-corrected chi connectivity index (χ4v) is 3.74. The Morgan fingerprint density at radius 3 is 2.78 bits per heavy atom. The van der Waals surface area contributed by atoms with Gasteiger partial charge in [0.1, 0.15) is 5.69 Å². The number of nitrogens with zero attached hydrogens (tertiary/aromatic N) is 4. The number of thiazole rings is 1. The first-order chi connectivity index (χ1) is 11.0. The molecule has 0 bridgehead atoms. The van der Waals surface area contributed by atoms with Gasteiger partial charge in [-0.2, -0.15) is 5.10 Å². The van der Waals surface area contributed by atoms with Crippen LogP contribution in [0, 0.1) is 5.92 Å². The van der Waals surface area contributed by atoms with Crippen molar-refractivity contribution in [2.75, 3.05) is 25.0 Å². The molecule has 1 fully saturated rings. The first-order valence-corrected chi connectivity index (χ1v) is 8.08. The molecule has 9 heteroatoms. The number of nitrogens with two attached hydrogens (primary N) is 1. The number of nitrogens with one attached hydrogen (secondary N) is 1. The Labute approximate surface area is 137 Å². The van der Waals surface area contributed by atoms with E-state index in [0.717, 1.165) is 5.56 Å². The maximum atomic E-state index is 12.2. The number of hydrogen-bond acceptors (Lipinski definition) is 6. The molecule has 3 N–H and O–H groups in total. The van der Waals surface area contributed by atoms with E-state index in [2.05, 4.69) is 15.4 Å². The van der Waals surface area contributed by atoms with Crippen molar-refractivity contribution >= 4 is 28.3 Å². The van der Waals surface area contributed by atoms with Crippen LogP contribution in [0.15, 0.2) is 17.8 Å². The lowest BCUT2D eigenvalue weighted by atomic mass is 9.90. The van der Waals surface area contributed by atoms with Gasteiger partial charge in [-0.15, -0.1) is 11.3 Å². The van der Waals surface area contributed by atoms with Gasteiger partial charge in [0, 0.05) is 44.7 Å². The molecule has 0 saturated carbocycles. The first-order valence-electron chi connectivity index (χ1n) is 7.20. The van der Waals surface area contributed by atoms with Crippen LogP contribution < -0.4 is 16.0 Å². The summed E-state index contributed by atoms with van der Waals surface area (Å²) in [7, 11) is 3.49. The van der Waals surface area contributed by atoms with Gasteiger partial charge in [0.25, 0.3) is 5.91 Å². The van der Waals surface area contributed by atoms with Crippen molar-refractivity contribution in [1.82, 2.24) is 20.1 Å². The largest absolute Gasteiger partial charge is 0.364 e. The summed E-state index contributed by atoms with van der Waals surface area (Å²) in [6, 6.07) is 0. The van der Waals surface area contributed by atoms with Crippen molar-refractivity contribution in [3.05, 3.63) is 29.0 Å². The molecule has 1 saturated heterocycles. The lowest BCUT2D eigenvalue weighted by Gasteiger charge is -2.14. The molecule has 2 amide bonds. The number of rotatable bonds is 4. The highest BCUT2D eigenvalue weighted by Crippen LogP contribution is 2.36. The van der Waals surface area contributed by atoms with E-state index in [4.69, 9.17) is 5.73 Å².